The van der Waals surface area contributed by atoms with E-state index in [2.05, 4.69) is 15.1 Å². The van der Waals surface area contributed by atoms with Crippen LogP contribution in [-0.2, 0) is 4.79 Å². The first-order valence-corrected chi connectivity index (χ1v) is 9.60. The molecule has 2 saturated heterocycles. The minimum Gasteiger partial charge on any atom is -0.339 e. The number of amides is 1. The van der Waals surface area contributed by atoms with E-state index in [0.717, 1.165) is 44.6 Å². The molecular formula is C18H33Cl2N3O. The van der Waals surface area contributed by atoms with E-state index in [1.54, 1.807) is 0 Å². The number of nitrogens with zero attached hydrogens (tertiary/aromatic N) is 2. The van der Waals surface area contributed by atoms with Crippen molar-refractivity contribution in [1.29, 1.82) is 0 Å². The number of nitrogens with one attached hydrogen (secondary N) is 1. The molecule has 4 aliphatic rings. The van der Waals surface area contributed by atoms with Crippen molar-refractivity contribution in [2.75, 3.05) is 26.2 Å². The van der Waals surface area contributed by atoms with Crippen LogP contribution in [0.3, 0.4) is 0 Å². The fourth-order valence-corrected chi connectivity index (χ4v) is 5.31. The molecule has 24 heavy (non-hydrogen) atoms. The van der Waals surface area contributed by atoms with Gasteiger partial charge in [0.2, 0.25) is 5.91 Å². The van der Waals surface area contributed by atoms with Crippen molar-refractivity contribution < 1.29 is 4.79 Å². The van der Waals surface area contributed by atoms with E-state index in [4.69, 9.17) is 0 Å². The minimum absolute atomic E-state index is 0. The molecule has 2 aliphatic heterocycles. The van der Waals surface area contributed by atoms with E-state index in [9.17, 15) is 4.79 Å². The molecule has 0 bridgehead atoms. The van der Waals surface area contributed by atoms with Gasteiger partial charge in [0.25, 0.3) is 0 Å². The van der Waals surface area contributed by atoms with E-state index in [1.807, 2.05) is 0 Å². The highest BCUT2D eigenvalue weighted by Gasteiger charge is 2.40. The summed E-state index contributed by atoms with van der Waals surface area (Å²) in [5.74, 6) is 1.16. The topological polar surface area (TPSA) is 35.6 Å². The van der Waals surface area contributed by atoms with E-state index in [1.165, 1.54) is 51.4 Å². The van der Waals surface area contributed by atoms with Crippen LogP contribution in [0, 0.1) is 5.92 Å². The number of fused-ring (bicyclic) bond motifs is 1. The maximum Gasteiger partial charge on any atom is 0.239 e. The van der Waals surface area contributed by atoms with Crippen LogP contribution in [0.4, 0.5) is 0 Å². The fraction of sp³-hybridized carbons (Fsp3) is 0.944. The fourth-order valence-electron chi connectivity index (χ4n) is 5.31. The molecule has 2 saturated carbocycles. The third kappa shape index (κ3) is 4.20. The predicted molar refractivity (Wildman–Crippen MR) is 102 cm³/mol. The van der Waals surface area contributed by atoms with E-state index >= 15 is 0 Å². The van der Waals surface area contributed by atoms with Crippen LogP contribution >= 0.6 is 24.8 Å². The zero-order chi connectivity index (χ0) is 14.9. The molecule has 2 aliphatic carbocycles. The Morgan fingerprint density at radius 1 is 0.833 bits per heavy atom. The van der Waals surface area contributed by atoms with Gasteiger partial charge >= 0.3 is 0 Å². The molecule has 0 aromatic heterocycles. The maximum atomic E-state index is 12.8. The lowest BCUT2D eigenvalue weighted by Crippen LogP contribution is -2.55. The molecular weight excluding hydrogens is 345 g/mol. The Balaban J connectivity index is 0.00000104. The van der Waals surface area contributed by atoms with Gasteiger partial charge in [0.1, 0.15) is 0 Å². The summed E-state index contributed by atoms with van der Waals surface area (Å²) < 4.78 is 0. The first kappa shape index (κ1) is 20.3. The highest BCUT2D eigenvalue weighted by molar-refractivity contribution is 5.85. The van der Waals surface area contributed by atoms with E-state index < -0.39 is 0 Å². The van der Waals surface area contributed by atoms with Crippen molar-refractivity contribution >= 4 is 30.7 Å². The zero-order valence-corrected chi connectivity index (χ0v) is 16.3. The van der Waals surface area contributed by atoms with Crippen LogP contribution < -0.4 is 5.32 Å². The van der Waals surface area contributed by atoms with Crippen LogP contribution in [0.5, 0.6) is 0 Å². The van der Waals surface area contributed by atoms with Gasteiger partial charge in [-0.05, 0) is 38.0 Å². The Morgan fingerprint density at radius 2 is 1.46 bits per heavy atom. The number of carbonyl (C=O) groups is 1. The van der Waals surface area contributed by atoms with Crippen molar-refractivity contribution in [2.45, 2.75) is 75.9 Å². The smallest absolute Gasteiger partial charge is 0.239 e. The van der Waals surface area contributed by atoms with Gasteiger partial charge < -0.3 is 10.2 Å². The molecule has 4 fully saturated rings. The Hall–Kier alpha value is -0.0300. The second-order valence-electron chi connectivity index (χ2n) is 7.91. The zero-order valence-electron chi connectivity index (χ0n) is 14.6. The summed E-state index contributed by atoms with van der Waals surface area (Å²) >= 11 is 0. The van der Waals surface area contributed by atoms with Crippen molar-refractivity contribution in [2.24, 2.45) is 5.92 Å². The Bertz CT molecular complexity index is 395. The van der Waals surface area contributed by atoms with Gasteiger partial charge in [-0.3, -0.25) is 9.69 Å². The molecule has 6 heteroatoms. The van der Waals surface area contributed by atoms with Crippen molar-refractivity contribution in [3.8, 4) is 0 Å². The lowest BCUT2D eigenvalue weighted by Gasteiger charge is -2.39. The molecule has 0 aromatic carbocycles. The largest absolute Gasteiger partial charge is 0.339 e. The number of rotatable bonds is 2. The van der Waals surface area contributed by atoms with Crippen molar-refractivity contribution in [3.05, 3.63) is 0 Å². The number of hydrogen-bond acceptors (Lipinski definition) is 3. The van der Waals surface area contributed by atoms with Crippen molar-refractivity contribution in [1.82, 2.24) is 15.1 Å². The average molecular weight is 378 g/mol. The van der Waals surface area contributed by atoms with E-state index in [-0.39, 0.29) is 30.9 Å². The number of piperazine rings is 1. The summed E-state index contributed by atoms with van der Waals surface area (Å²) in [5, 5.41) is 3.65. The lowest BCUT2D eigenvalue weighted by molar-refractivity contribution is -0.135. The van der Waals surface area contributed by atoms with Crippen LogP contribution in [0.2, 0.25) is 0 Å². The molecule has 140 valence electrons. The summed E-state index contributed by atoms with van der Waals surface area (Å²) in [5.41, 5.74) is 0. The molecule has 1 N–H and O–H groups in total. The highest BCUT2D eigenvalue weighted by atomic mass is 35.5. The van der Waals surface area contributed by atoms with Crippen LogP contribution in [0.15, 0.2) is 0 Å². The second-order valence-corrected chi connectivity index (χ2v) is 7.91. The molecule has 3 unspecified atom stereocenters. The standard InChI is InChI=1S/C18H31N3O.2ClH/c22-18(17-13-14-5-1-4-8-16(14)19-17)21-11-9-20(10-12-21)15-6-2-3-7-15;;/h14-17,19H,1-13H2;2*1H. The number of halogens is 2. The van der Waals surface area contributed by atoms with Crippen LogP contribution in [0.25, 0.3) is 0 Å². The monoisotopic (exact) mass is 377 g/mol. The van der Waals surface area contributed by atoms with Gasteiger partial charge in [0.15, 0.2) is 0 Å². The van der Waals surface area contributed by atoms with E-state index in [0.29, 0.717) is 11.9 Å². The lowest BCUT2D eigenvalue weighted by atomic mass is 9.85. The molecule has 0 radical (unpaired) electrons. The normalized spacial score (nSPS) is 34.3. The highest BCUT2D eigenvalue weighted by Crippen LogP contribution is 2.34. The molecule has 0 spiro atoms. The van der Waals surface area contributed by atoms with Gasteiger partial charge in [0, 0.05) is 38.3 Å². The first-order chi connectivity index (χ1) is 10.8. The Morgan fingerprint density at radius 3 is 2.12 bits per heavy atom. The molecule has 1 amide bonds. The molecule has 3 atom stereocenters. The first-order valence-electron chi connectivity index (χ1n) is 9.60. The second kappa shape index (κ2) is 9.07. The molecule has 4 rings (SSSR count). The summed E-state index contributed by atoms with van der Waals surface area (Å²) in [4.78, 5) is 17.6. The predicted octanol–water partition coefficient (Wildman–Crippen LogP) is 2.84. The Labute approximate surface area is 158 Å². The quantitative estimate of drug-likeness (QED) is 0.803. The van der Waals surface area contributed by atoms with Crippen LogP contribution in [-0.4, -0.2) is 60.0 Å². The summed E-state index contributed by atoms with van der Waals surface area (Å²) in [7, 11) is 0. The molecule has 4 nitrogen and oxygen atoms in total. The van der Waals surface area contributed by atoms with Gasteiger partial charge in [-0.15, -0.1) is 24.8 Å². The summed E-state index contributed by atoms with van der Waals surface area (Å²) in [6.45, 7) is 4.08. The molecule has 0 aromatic rings. The van der Waals surface area contributed by atoms with Gasteiger partial charge in [-0.1, -0.05) is 25.7 Å². The van der Waals surface area contributed by atoms with Gasteiger partial charge in [0.05, 0.1) is 6.04 Å². The number of hydrogen-bond donors (Lipinski definition) is 1. The van der Waals surface area contributed by atoms with Gasteiger partial charge in [-0.25, -0.2) is 0 Å². The van der Waals surface area contributed by atoms with Crippen LogP contribution in [0.1, 0.15) is 57.8 Å². The summed E-state index contributed by atoms with van der Waals surface area (Å²) in [6, 6.07) is 1.55. The minimum atomic E-state index is 0. The summed E-state index contributed by atoms with van der Waals surface area (Å²) in [6.07, 6.45) is 12.0. The SMILES string of the molecule is Cl.Cl.O=C(C1CC2CCCCC2N1)N1CCN(C2CCCC2)CC1. The Kier molecular flexibility index (Phi) is 7.66. The van der Waals surface area contributed by atoms with Gasteiger partial charge in [-0.2, -0.15) is 0 Å². The maximum absolute atomic E-state index is 12.8. The average Bonchev–Trinajstić information content (AvgIpc) is 3.23. The number of carbonyl (C=O) groups excluding carboxylic acids is 1. The third-order valence-corrected chi connectivity index (χ3v) is 6.63. The third-order valence-electron chi connectivity index (χ3n) is 6.63. The van der Waals surface area contributed by atoms with Crippen molar-refractivity contribution in [3.63, 3.8) is 0 Å². The molecule has 2 heterocycles.